The standard InChI is InChI=1S/C18H22FN3O3S/c1-2-14-10-20-18(21-11-14)25-17-7-4-8-22(12-17)26(23,24)13-15-5-3-6-16(19)9-15/h3,5-6,9-11,17H,2,4,7-8,12-13H2,1H3. The van der Waals surface area contributed by atoms with Gasteiger partial charge in [-0.25, -0.2) is 22.8 Å². The number of piperidine rings is 1. The smallest absolute Gasteiger partial charge is 0.316 e. The second kappa shape index (κ2) is 8.09. The van der Waals surface area contributed by atoms with Crippen molar-refractivity contribution >= 4 is 10.0 Å². The van der Waals surface area contributed by atoms with Crippen LogP contribution in [0.2, 0.25) is 0 Å². The predicted octanol–water partition coefficient (Wildman–Crippen LogP) is 2.55. The molecule has 26 heavy (non-hydrogen) atoms. The Kier molecular flexibility index (Phi) is 5.83. The van der Waals surface area contributed by atoms with Crippen LogP contribution >= 0.6 is 0 Å². The second-order valence-corrected chi connectivity index (χ2v) is 8.32. The Morgan fingerprint density at radius 3 is 2.73 bits per heavy atom. The van der Waals surface area contributed by atoms with Crippen molar-refractivity contribution in [2.24, 2.45) is 0 Å². The van der Waals surface area contributed by atoms with Gasteiger partial charge in [-0.2, -0.15) is 4.31 Å². The van der Waals surface area contributed by atoms with Crippen LogP contribution in [0.25, 0.3) is 0 Å². The van der Waals surface area contributed by atoms with Crippen molar-refractivity contribution in [2.75, 3.05) is 13.1 Å². The third-order valence-electron chi connectivity index (χ3n) is 4.33. The summed E-state index contributed by atoms with van der Waals surface area (Å²) >= 11 is 0. The summed E-state index contributed by atoms with van der Waals surface area (Å²) < 4.78 is 45.8. The average Bonchev–Trinajstić information content (AvgIpc) is 2.62. The molecule has 1 aromatic heterocycles. The van der Waals surface area contributed by atoms with Crippen molar-refractivity contribution in [1.29, 1.82) is 0 Å². The van der Waals surface area contributed by atoms with Crippen molar-refractivity contribution in [3.63, 3.8) is 0 Å². The number of hydrogen-bond acceptors (Lipinski definition) is 5. The van der Waals surface area contributed by atoms with E-state index in [0.29, 0.717) is 18.5 Å². The number of rotatable bonds is 6. The lowest BCUT2D eigenvalue weighted by atomic mass is 10.1. The number of hydrogen-bond donors (Lipinski definition) is 0. The maximum Gasteiger partial charge on any atom is 0.316 e. The molecule has 2 heterocycles. The minimum absolute atomic E-state index is 0.223. The zero-order chi connectivity index (χ0) is 18.6. The van der Waals surface area contributed by atoms with E-state index in [1.807, 2.05) is 6.92 Å². The van der Waals surface area contributed by atoms with E-state index < -0.39 is 15.8 Å². The Balaban J connectivity index is 1.64. The summed E-state index contributed by atoms with van der Waals surface area (Å²) in [6.07, 6.45) is 5.41. The van der Waals surface area contributed by atoms with Crippen LogP contribution in [0.15, 0.2) is 36.7 Å². The van der Waals surface area contributed by atoms with Gasteiger partial charge in [0.25, 0.3) is 0 Å². The monoisotopic (exact) mass is 379 g/mol. The Morgan fingerprint density at radius 1 is 1.27 bits per heavy atom. The molecule has 0 radical (unpaired) electrons. The number of aromatic nitrogens is 2. The van der Waals surface area contributed by atoms with E-state index in [2.05, 4.69) is 9.97 Å². The van der Waals surface area contributed by atoms with Gasteiger partial charge in [0.1, 0.15) is 11.9 Å². The first-order valence-electron chi connectivity index (χ1n) is 8.66. The summed E-state index contributed by atoms with van der Waals surface area (Å²) in [4.78, 5) is 8.33. The van der Waals surface area contributed by atoms with E-state index in [9.17, 15) is 12.8 Å². The zero-order valence-corrected chi connectivity index (χ0v) is 15.5. The van der Waals surface area contributed by atoms with Gasteiger partial charge >= 0.3 is 6.01 Å². The molecular formula is C18H22FN3O3S. The van der Waals surface area contributed by atoms with Crippen molar-refractivity contribution in [2.45, 2.75) is 38.0 Å². The van der Waals surface area contributed by atoms with Crippen molar-refractivity contribution in [1.82, 2.24) is 14.3 Å². The first-order valence-corrected chi connectivity index (χ1v) is 10.3. The van der Waals surface area contributed by atoms with Crippen molar-refractivity contribution in [3.05, 3.63) is 53.6 Å². The molecule has 0 N–H and O–H groups in total. The molecule has 3 rings (SSSR count). The van der Waals surface area contributed by atoms with Crippen LogP contribution in [-0.2, 0) is 22.2 Å². The summed E-state index contributed by atoms with van der Waals surface area (Å²) in [7, 11) is -3.54. The van der Waals surface area contributed by atoms with Crippen LogP contribution in [0.5, 0.6) is 6.01 Å². The van der Waals surface area contributed by atoms with Gasteiger partial charge in [-0.05, 0) is 42.5 Å². The number of nitrogens with zero attached hydrogens (tertiary/aromatic N) is 3. The van der Waals surface area contributed by atoms with E-state index >= 15 is 0 Å². The molecule has 0 spiro atoms. The lowest BCUT2D eigenvalue weighted by molar-refractivity contribution is 0.119. The fourth-order valence-corrected chi connectivity index (χ4v) is 4.50. The maximum absolute atomic E-state index is 13.3. The molecule has 1 saturated heterocycles. The number of benzene rings is 1. The molecule has 1 aliphatic heterocycles. The van der Waals surface area contributed by atoms with Gasteiger partial charge in [-0.1, -0.05) is 19.1 Å². The van der Waals surface area contributed by atoms with Crippen molar-refractivity contribution < 1.29 is 17.5 Å². The molecule has 0 bridgehead atoms. The Morgan fingerprint density at radius 2 is 2.04 bits per heavy atom. The molecule has 1 aliphatic rings. The minimum atomic E-state index is -3.54. The fourth-order valence-electron chi connectivity index (χ4n) is 2.92. The summed E-state index contributed by atoms with van der Waals surface area (Å²) in [5.41, 5.74) is 1.45. The van der Waals surface area contributed by atoms with Crippen molar-refractivity contribution in [3.8, 4) is 6.01 Å². The lowest BCUT2D eigenvalue weighted by Crippen LogP contribution is -2.44. The van der Waals surface area contributed by atoms with Crippen LogP contribution in [0.3, 0.4) is 0 Å². The lowest BCUT2D eigenvalue weighted by Gasteiger charge is -2.31. The van der Waals surface area contributed by atoms with Crippen LogP contribution in [-0.4, -0.2) is 41.9 Å². The topological polar surface area (TPSA) is 72.4 Å². The molecule has 8 heteroatoms. The molecule has 140 valence electrons. The maximum atomic E-state index is 13.3. The van der Waals surface area contributed by atoms with E-state index in [0.717, 1.165) is 18.4 Å². The number of sulfonamides is 1. The summed E-state index contributed by atoms with van der Waals surface area (Å²) in [5, 5.41) is 0. The summed E-state index contributed by atoms with van der Waals surface area (Å²) in [6, 6.07) is 5.93. The molecule has 1 atom stereocenters. The van der Waals surface area contributed by atoms with Gasteiger partial charge < -0.3 is 4.74 Å². The highest BCUT2D eigenvalue weighted by Crippen LogP contribution is 2.20. The molecule has 6 nitrogen and oxygen atoms in total. The van der Waals surface area contributed by atoms with Gasteiger partial charge in [0.15, 0.2) is 0 Å². The molecular weight excluding hydrogens is 357 g/mol. The van der Waals surface area contributed by atoms with Gasteiger partial charge in [-0.15, -0.1) is 0 Å². The van der Waals surface area contributed by atoms with Gasteiger partial charge in [-0.3, -0.25) is 0 Å². The van der Waals surface area contributed by atoms with Gasteiger partial charge in [0, 0.05) is 18.9 Å². The van der Waals surface area contributed by atoms with Gasteiger partial charge in [0.05, 0.1) is 12.3 Å². The number of aryl methyl sites for hydroxylation is 1. The largest absolute Gasteiger partial charge is 0.459 e. The molecule has 2 aromatic rings. The fraction of sp³-hybridized carbons (Fsp3) is 0.444. The summed E-state index contributed by atoms with van der Waals surface area (Å²) in [6.45, 7) is 2.70. The van der Waals surface area contributed by atoms with Crippen LogP contribution in [0.4, 0.5) is 4.39 Å². The minimum Gasteiger partial charge on any atom is -0.459 e. The highest BCUT2D eigenvalue weighted by atomic mass is 32.2. The number of halogens is 1. The van der Waals surface area contributed by atoms with E-state index in [4.69, 9.17) is 4.74 Å². The first-order chi connectivity index (χ1) is 12.5. The zero-order valence-electron chi connectivity index (χ0n) is 14.6. The van der Waals surface area contributed by atoms with E-state index in [1.54, 1.807) is 18.5 Å². The SMILES string of the molecule is CCc1cnc(OC2CCCN(S(=O)(=O)Cc3cccc(F)c3)C2)nc1. The van der Waals surface area contributed by atoms with Gasteiger partial charge in [0.2, 0.25) is 10.0 Å². The molecule has 1 unspecified atom stereocenters. The Hall–Kier alpha value is -2.06. The number of ether oxygens (including phenoxy) is 1. The van der Waals surface area contributed by atoms with E-state index in [-0.39, 0.29) is 24.4 Å². The van der Waals surface area contributed by atoms with Crippen LogP contribution < -0.4 is 4.74 Å². The molecule has 1 fully saturated rings. The normalized spacial score (nSPS) is 18.6. The highest BCUT2D eigenvalue weighted by molar-refractivity contribution is 7.88. The Labute approximate surface area is 153 Å². The van der Waals surface area contributed by atoms with Crippen LogP contribution in [0.1, 0.15) is 30.9 Å². The molecule has 1 aromatic carbocycles. The average molecular weight is 379 g/mol. The second-order valence-electron chi connectivity index (χ2n) is 6.35. The molecule has 0 aliphatic carbocycles. The summed E-state index contributed by atoms with van der Waals surface area (Å²) in [5.74, 6) is -0.663. The third kappa shape index (κ3) is 4.76. The molecule has 0 amide bonds. The first kappa shape index (κ1) is 18.7. The Bertz CT molecular complexity index is 843. The quantitative estimate of drug-likeness (QED) is 0.771. The van der Waals surface area contributed by atoms with E-state index in [1.165, 1.54) is 22.5 Å². The van der Waals surface area contributed by atoms with Crippen LogP contribution in [0, 0.1) is 5.82 Å². The highest BCUT2D eigenvalue weighted by Gasteiger charge is 2.30. The molecule has 0 saturated carbocycles. The third-order valence-corrected chi connectivity index (χ3v) is 6.15. The predicted molar refractivity (Wildman–Crippen MR) is 95.7 cm³/mol.